The minimum Gasteiger partial charge on any atom is -0.372 e. The van der Waals surface area contributed by atoms with Gasteiger partial charge in [-0.05, 0) is 35.4 Å². The Labute approximate surface area is 151 Å². The molecular weight excluding hydrogens is 338 g/mol. The van der Waals surface area contributed by atoms with Crippen LogP contribution in [0.3, 0.4) is 0 Å². The first-order valence-corrected chi connectivity index (χ1v) is 8.40. The first-order chi connectivity index (χ1) is 12.1. The largest absolute Gasteiger partial charge is 0.372 e. The molecule has 5 N–H and O–H groups in total. The average Bonchev–Trinajstić information content (AvgIpc) is 3.08. The van der Waals surface area contributed by atoms with E-state index in [9.17, 15) is 4.79 Å². The second-order valence-corrected chi connectivity index (χ2v) is 6.16. The lowest BCUT2D eigenvalue weighted by Gasteiger charge is -2.22. The maximum absolute atomic E-state index is 12.1. The summed E-state index contributed by atoms with van der Waals surface area (Å²) in [4.78, 5) is 17.9. The number of carbonyl (C=O) groups excluding carboxylic acids is 1. The Morgan fingerprint density at radius 2 is 2.04 bits per heavy atom. The molecule has 0 bridgehead atoms. The zero-order chi connectivity index (χ0) is 17.8. The molecule has 0 unspecified atom stereocenters. The highest BCUT2D eigenvalue weighted by molar-refractivity contribution is 6.31. The molecule has 2 amide bonds. The third-order valence-corrected chi connectivity index (χ3v) is 4.37. The number of halogens is 1. The van der Waals surface area contributed by atoms with E-state index in [2.05, 4.69) is 10.3 Å². The van der Waals surface area contributed by atoms with Crippen molar-refractivity contribution in [1.29, 1.82) is 0 Å². The maximum atomic E-state index is 12.1. The van der Waals surface area contributed by atoms with Crippen molar-refractivity contribution >= 4 is 34.8 Å². The van der Waals surface area contributed by atoms with Gasteiger partial charge in [-0.1, -0.05) is 29.8 Å². The zero-order valence-corrected chi connectivity index (χ0v) is 14.5. The van der Waals surface area contributed by atoms with E-state index in [1.807, 2.05) is 24.3 Å². The van der Waals surface area contributed by atoms with Gasteiger partial charge in [0.2, 0.25) is 0 Å². The number of nitrogens with zero attached hydrogens (tertiary/aromatic N) is 2. The topological polar surface area (TPSA) is 96.7 Å². The summed E-state index contributed by atoms with van der Waals surface area (Å²) in [7, 11) is 0. The van der Waals surface area contributed by atoms with E-state index in [1.165, 1.54) is 4.90 Å². The number of nitrogens with one attached hydrogen (secondary N) is 1. The smallest absolute Gasteiger partial charge is 0.323 e. The summed E-state index contributed by atoms with van der Waals surface area (Å²) < 4.78 is 0. The van der Waals surface area contributed by atoms with Gasteiger partial charge in [-0.3, -0.25) is 9.89 Å². The number of benzene rings is 2. The summed E-state index contributed by atoms with van der Waals surface area (Å²) in [6.07, 6.45) is 0.688. The number of aliphatic imine (C=N–C) groups is 1. The van der Waals surface area contributed by atoms with Crippen LogP contribution in [0.1, 0.15) is 11.1 Å². The Kier molecular flexibility index (Phi) is 5.21. The molecule has 0 aromatic heterocycles. The molecule has 1 heterocycles. The van der Waals surface area contributed by atoms with Crippen LogP contribution in [0.4, 0.5) is 16.2 Å². The minimum absolute atomic E-state index is 0.334. The highest BCUT2D eigenvalue weighted by Crippen LogP contribution is 2.30. The number of anilines is 2. The molecule has 25 heavy (non-hydrogen) atoms. The summed E-state index contributed by atoms with van der Waals surface area (Å²) >= 11 is 6.23. The van der Waals surface area contributed by atoms with Gasteiger partial charge < -0.3 is 16.8 Å². The highest BCUT2D eigenvalue weighted by atomic mass is 35.5. The molecule has 3 rings (SSSR count). The predicted octanol–water partition coefficient (Wildman–Crippen LogP) is 2.56. The van der Waals surface area contributed by atoms with E-state index in [4.69, 9.17) is 23.1 Å². The Hall–Kier alpha value is -2.57. The van der Waals surface area contributed by atoms with Crippen molar-refractivity contribution in [3.63, 3.8) is 0 Å². The Bertz CT molecular complexity index is 821. The summed E-state index contributed by atoms with van der Waals surface area (Å²) in [6, 6.07) is 12.4. The van der Waals surface area contributed by atoms with Crippen LogP contribution < -0.4 is 21.7 Å². The van der Waals surface area contributed by atoms with Crippen LogP contribution in [-0.2, 0) is 13.0 Å². The van der Waals surface area contributed by atoms with E-state index in [0.717, 1.165) is 30.1 Å². The number of rotatable bonds is 5. The van der Waals surface area contributed by atoms with Gasteiger partial charge in [-0.15, -0.1) is 0 Å². The minimum atomic E-state index is -0.579. The lowest BCUT2D eigenvalue weighted by atomic mass is 10.1. The monoisotopic (exact) mass is 357 g/mol. The van der Waals surface area contributed by atoms with E-state index < -0.39 is 6.03 Å². The van der Waals surface area contributed by atoms with Crippen LogP contribution in [0.25, 0.3) is 0 Å². The standard InChI is InChI=1S/C18H20ClN5O/c19-16-10-15(5-4-13(16)11-20)24(18(21)25)14-3-1-2-12(8-14)9-17-22-6-7-23-17/h1-5,8,10H,6-7,9,11,20H2,(H2,21,25)(H,22,23). The number of hydrogen-bond acceptors (Lipinski definition) is 4. The first-order valence-electron chi connectivity index (χ1n) is 8.02. The molecular formula is C18H20ClN5O. The van der Waals surface area contributed by atoms with E-state index in [0.29, 0.717) is 29.4 Å². The Morgan fingerprint density at radius 3 is 2.68 bits per heavy atom. The molecule has 1 aliphatic rings. The van der Waals surface area contributed by atoms with Gasteiger partial charge in [0.05, 0.1) is 17.9 Å². The number of primary amides is 1. The fourth-order valence-electron chi connectivity index (χ4n) is 2.81. The van der Waals surface area contributed by atoms with Crippen LogP contribution in [0, 0.1) is 0 Å². The summed E-state index contributed by atoms with van der Waals surface area (Å²) in [6.45, 7) is 2.00. The van der Waals surface area contributed by atoms with Crippen molar-refractivity contribution in [2.24, 2.45) is 16.5 Å². The molecule has 0 saturated carbocycles. The number of carbonyl (C=O) groups is 1. The molecule has 6 nitrogen and oxygen atoms in total. The molecule has 0 atom stereocenters. The second kappa shape index (κ2) is 7.55. The summed E-state index contributed by atoms with van der Waals surface area (Å²) in [5, 5.41) is 3.75. The van der Waals surface area contributed by atoms with Gasteiger partial charge in [-0.2, -0.15) is 0 Å². The molecule has 0 spiro atoms. The van der Waals surface area contributed by atoms with Crippen molar-refractivity contribution in [2.45, 2.75) is 13.0 Å². The fraction of sp³-hybridized carbons (Fsp3) is 0.222. The lowest BCUT2D eigenvalue weighted by molar-refractivity contribution is 0.256. The average molecular weight is 358 g/mol. The van der Waals surface area contributed by atoms with Crippen molar-refractivity contribution in [3.8, 4) is 0 Å². The number of amides is 2. The normalized spacial score (nSPS) is 13.3. The van der Waals surface area contributed by atoms with Crippen LogP contribution in [0.15, 0.2) is 47.5 Å². The van der Waals surface area contributed by atoms with Crippen molar-refractivity contribution in [3.05, 3.63) is 58.6 Å². The molecule has 0 fully saturated rings. The lowest BCUT2D eigenvalue weighted by Crippen LogP contribution is -2.31. The predicted molar refractivity (Wildman–Crippen MR) is 102 cm³/mol. The van der Waals surface area contributed by atoms with Crippen LogP contribution in [-0.4, -0.2) is 25.0 Å². The summed E-state index contributed by atoms with van der Waals surface area (Å²) in [5.41, 5.74) is 14.4. The molecule has 7 heteroatoms. The number of nitrogens with two attached hydrogens (primary N) is 2. The molecule has 0 saturated heterocycles. The Morgan fingerprint density at radius 1 is 1.24 bits per heavy atom. The third kappa shape index (κ3) is 3.92. The number of hydrogen-bond donors (Lipinski definition) is 3. The maximum Gasteiger partial charge on any atom is 0.323 e. The van der Waals surface area contributed by atoms with Crippen molar-refractivity contribution in [2.75, 3.05) is 18.0 Å². The van der Waals surface area contributed by atoms with Crippen LogP contribution in [0.5, 0.6) is 0 Å². The quantitative estimate of drug-likeness (QED) is 0.767. The van der Waals surface area contributed by atoms with E-state index in [1.54, 1.807) is 18.2 Å². The van der Waals surface area contributed by atoms with Gasteiger partial charge in [0.1, 0.15) is 5.84 Å². The number of amidine groups is 1. The zero-order valence-electron chi connectivity index (χ0n) is 13.7. The van der Waals surface area contributed by atoms with Crippen LogP contribution >= 0.6 is 11.6 Å². The highest BCUT2D eigenvalue weighted by Gasteiger charge is 2.17. The van der Waals surface area contributed by atoms with Gasteiger partial charge in [0, 0.05) is 24.5 Å². The SMILES string of the molecule is NCc1ccc(N(C(N)=O)c2cccc(CC3=NCCN3)c2)cc1Cl. The molecule has 1 aliphatic heterocycles. The molecule has 2 aromatic rings. The third-order valence-electron chi connectivity index (χ3n) is 4.02. The molecule has 0 aliphatic carbocycles. The molecule has 0 radical (unpaired) electrons. The van der Waals surface area contributed by atoms with E-state index in [-0.39, 0.29) is 0 Å². The Balaban J connectivity index is 1.92. The molecule has 2 aromatic carbocycles. The van der Waals surface area contributed by atoms with Crippen molar-refractivity contribution in [1.82, 2.24) is 5.32 Å². The van der Waals surface area contributed by atoms with Gasteiger partial charge in [0.25, 0.3) is 0 Å². The van der Waals surface area contributed by atoms with Crippen LogP contribution in [0.2, 0.25) is 5.02 Å². The van der Waals surface area contributed by atoms with Gasteiger partial charge in [0.15, 0.2) is 0 Å². The first kappa shape index (κ1) is 17.3. The van der Waals surface area contributed by atoms with Crippen molar-refractivity contribution < 1.29 is 4.79 Å². The van der Waals surface area contributed by atoms with Gasteiger partial charge >= 0.3 is 6.03 Å². The summed E-state index contributed by atoms with van der Waals surface area (Å²) in [5.74, 6) is 0.957. The van der Waals surface area contributed by atoms with Gasteiger partial charge in [-0.25, -0.2) is 4.79 Å². The fourth-order valence-corrected chi connectivity index (χ4v) is 3.06. The number of urea groups is 1. The molecule has 130 valence electrons. The van der Waals surface area contributed by atoms with E-state index >= 15 is 0 Å². The second-order valence-electron chi connectivity index (χ2n) is 5.76.